The minimum atomic E-state index is -4.06. The molecule has 2 saturated carbocycles. The summed E-state index contributed by atoms with van der Waals surface area (Å²) in [5.74, 6) is -0.477. The lowest BCUT2D eigenvalue weighted by Gasteiger charge is -2.32. The predicted octanol–water partition coefficient (Wildman–Crippen LogP) is 4.36. The number of hydrogen-bond donors (Lipinski definition) is 2. The van der Waals surface area contributed by atoms with Crippen molar-refractivity contribution in [2.45, 2.75) is 88.9 Å². The van der Waals surface area contributed by atoms with Crippen LogP contribution in [0.15, 0.2) is 18.2 Å². The lowest BCUT2D eigenvalue weighted by molar-refractivity contribution is -0.185. The maximum atomic E-state index is 12.9. The van der Waals surface area contributed by atoms with Gasteiger partial charge in [-0.3, -0.25) is 0 Å². The molecule has 0 unspecified atom stereocenters. The van der Waals surface area contributed by atoms with E-state index in [1.165, 1.54) is 16.7 Å². The van der Waals surface area contributed by atoms with Gasteiger partial charge in [0.05, 0.1) is 5.92 Å². The van der Waals surface area contributed by atoms with Gasteiger partial charge in [0, 0.05) is 12.1 Å². The van der Waals surface area contributed by atoms with Crippen molar-refractivity contribution in [3.8, 4) is 0 Å². The number of aryl methyl sites for hydroxylation is 1. The molecule has 9 heteroatoms. The van der Waals surface area contributed by atoms with Crippen molar-refractivity contribution in [2.75, 3.05) is 19.6 Å². The molecule has 0 aromatic heterocycles. The Hall–Kier alpha value is -1.16. The molecular formula is C26H38F3N3O2S. The molecule has 3 atom stereocenters. The highest BCUT2D eigenvalue weighted by Crippen LogP contribution is 2.41. The molecule has 1 saturated heterocycles. The molecule has 5 rings (SSSR count). The van der Waals surface area contributed by atoms with Gasteiger partial charge in [-0.25, -0.2) is 0 Å². The molecular weight excluding hydrogens is 475 g/mol. The van der Waals surface area contributed by atoms with Crippen LogP contribution in [0.5, 0.6) is 0 Å². The Morgan fingerprint density at radius 3 is 2.23 bits per heavy atom. The van der Waals surface area contributed by atoms with Crippen LogP contribution in [0, 0.1) is 17.8 Å². The molecule has 0 spiro atoms. The van der Waals surface area contributed by atoms with Crippen molar-refractivity contribution in [2.24, 2.45) is 17.8 Å². The van der Waals surface area contributed by atoms with Gasteiger partial charge in [-0.1, -0.05) is 24.6 Å². The quantitative estimate of drug-likeness (QED) is 0.543. The third-order valence-corrected chi connectivity index (χ3v) is 10.1. The van der Waals surface area contributed by atoms with Gasteiger partial charge in [0.2, 0.25) is 0 Å². The number of fused-ring (bicyclic) bond motifs is 3. The predicted molar refractivity (Wildman–Crippen MR) is 130 cm³/mol. The highest BCUT2D eigenvalue weighted by Gasteiger charge is 2.42. The number of hydrogen-bond acceptors (Lipinski definition) is 3. The zero-order chi connectivity index (χ0) is 24.6. The first-order valence-corrected chi connectivity index (χ1v) is 14.8. The van der Waals surface area contributed by atoms with Crippen molar-refractivity contribution >= 4 is 10.2 Å². The maximum absolute atomic E-state index is 12.9. The molecule has 2 bridgehead atoms. The third kappa shape index (κ3) is 6.22. The van der Waals surface area contributed by atoms with Gasteiger partial charge in [0.1, 0.15) is 0 Å². The normalized spacial score (nSPS) is 28.5. The van der Waals surface area contributed by atoms with E-state index in [0.717, 1.165) is 64.3 Å². The summed E-state index contributed by atoms with van der Waals surface area (Å²) in [5, 5.41) is 0. The van der Waals surface area contributed by atoms with Gasteiger partial charge in [0.15, 0.2) is 0 Å². The fourth-order valence-corrected chi connectivity index (χ4v) is 8.05. The highest BCUT2D eigenvalue weighted by atomic mass is 32.2. The van der Waals surface area contributed by atoms with Crippen molar-refractivity contribution in [3.05, 3.63) is 34.9 Å². The summed E-state index contributed by atoms with van der Waals surface area (Å²) in [6.45, 7) is 1.90. The first kappa shape index (κ1) is 25.5. The molecule has 1 aliphatic heterocycles. The summed E-state index contributed by atoms with van der Waals surface area (Å²) in [4.78, 5) is 2.17. The van der Waals surface area contributed by atoms with Crippen molar-refractivity contribution in [1.82, 2.24) is 14.3 Å². The SMILES string of the molecule is O=S(=O)(NC1CCC1)N[C@@H]1[C@@H]2CC[C@H]1Cc1cc(CCCN3CCC(C(F)(F)F)CC3)ccc1C2. The highest BCUT2D eigenvalue weighted by molar-refractivity contribution is 7.87. The van der Waals surface area contributed by atoms with E-state index < -0.39 is 22.3 Å². The molecule has 0 amide bonds. The van der Waals surface area contributed by atoms with E-state index >= 15 is 0 Å². The van der Waals surface area contributed by atoms with Crippen LogP contribution < -0.4 is 9.44 Å². The Balaban J connectivity index is 1.14. The number of piperidine rings is 1. The average Bonchev–Trinajstić information content (AvgIpc) is 3.04. The zero-order valence-electron chi connectivity index (χ0n) is 20.3. The van der Waals surface area contributed by atoms with Crippen molar-refractivity contribution in [1.29, 1.82) is 0 Å². The Labute approximate surface area is 207 Å². The van der Waals surface area contributed by atoms with E-state index in [0.29, 0.717) is 24.9 Å². The van der Waals surface area contributed by atoms with Crippen LogP contribution >= 0.6 is 0 Å². The van der Waals surface area contributed by atoms with Gasteiger partial charge in [-0.15, -0.1) is 0 Å². The van der Waals surface area contributed by atoms with Gasteiger partial charge in [-0.2, -0.15) is 31.0 Å². The fraction of sp³-hybridized carbons (Fsp3) is 0.769. The van der Waals surface area contributed by atoms with Crippen LogP contribution in [0.25, 0.3) is 0 Å². The minimum absolute atomic E-state index is 0.0111. The van der Waals surface area contributed by atoms with Crippen LogP contribution in [0.2, 0.25) is 0 Å². The molecule has 35 heavy (non-hydrogen) atoms. The second-order valence-electron chi connectivity index (χ2n) is 11.3. The van der Waals surface area contributed by atoms with Crippen LogP contribution in [0.1, 0.15) is 68.1 Å². The number of halogens is 3. The van der Waals surface area contributed by atoms with Crippen LogP contribution in [-0.4, -0.2) is 51.2 Å². The van der Waals surface area contributed by atoms with Crippen LogP contribution in [-0.2, 0) is 29.5 Å². The van der Waals surface area contributed by atoms with Crippen LogP contribution in [0.3, 0.4) is 0 Å². The summed E-state index contributed by atoms with van der Waals surface area (Å²) in [6.07, 6.45) is 5.12. The standard InChI is InChI=1S/C26H38F3N3O2S/c27-26(28,29)23-10-13-32(14-11-23)12-2-3-18-6-7-19-16-20-8-9-21(17-22(19)15-18)25(20)31-35(33,34)30-24-4-1-5-24/h6-7,15,20-21,23-25,30-31H,1-5,8-14,16-17H2/t20-,21+,25-/m1/s1. The number of alkyl halides is 3. The number of benzene rings is 1. The maximum Gasteiger partial charge on any atom is 0.391 e. The van der Waals surface area contributed by atoms with Crippen LogP contribution in [0.4, 0.5) is 13.2 Å². The smallest absolute Gasteiger partial charge is 0.303 e. The number of rotatable bonds is 8. The molecule has 1 aromatic rings. The Kier molecular flexibility index (Phi) is 7.50. The summed E-state index contributed by atoms with van der Waals surface area (Å²) >= 11 is 0. The topological polar surface area (TPSA) is 61.4 Å². The summed E-state index contributed by atoms with van der Waals surface area (Å²) < 4.78 is 69.9. The van der Waals surface area contributed by atoms with E-state index in [-0.39, 0.29) is 24.9 Å². The fourth-order valence-electron chi connectivity index (χ4n) is 6.56. The van der Waals surface area contributed by atoms with E-state index in [2.05, 4.69) is 32.5 Å². The average molecular weight is 514 g/mol. The molecule has 0 radical (unpaired) electrons. The lowest BCUT2D eigenvalue weighted by atomic mass is 9.91. The first-order valence-electron chi connectivity index (χ1n) is 13.4. The third-order valence-electron chi connectivity index (χ3n) is 8.87. The molecule has 1 heterocycles. The van der Waals surface area contributed by atoms with Gasteiger partial charge < -0.3 is 4.90 Å². The summed E-state index contributed by atoms with van der Waals surface area (Å²) in [5.41, 5.74) is 3.96. The number of nitrogens with one attached hydrogen (secondary N) is 2. The molecule has 3 aliphatic carbocycles. The summed E-state index contributed by atoms with van der Waals surface area (Å²) in [6, 6.07) is 6.78. The van der Waals surface area contributed by atoms with E-state index in [1.54, 1.807) is 0 Å². The van der Waals surface area contributed by atoms with E-state index in [4.69, 9.17) is 0 Å². The monoisotopic (exact) mass is 513 g/mol. The Morgan fingerprint density at radius 2 is 1.60 bits per heavy atom. The van der Waals surface area contributed by atoms with E-state index in [1.807, 2.05) is 0 Å². The van der Waals surface area contributed by atoms with Crippen molar-refractivity contribution < 1.29 is 21.6 Å². The van der Waals surface area contributed by atoms with Gasteiger partial charge >= 0.3 is 6.18 Å². The Bertz CT molecular complexity index is 988. The second-order valence-corrected chi connectivity index (χ2v) is 12.7. The van der Waals surface area contributed by atoms with Crippen molar-refractivity contribution in [3.63, 3.8) is 0 Å². The molecule has 1 aromatic carbocycles. The molecule has 2 N–H and O–H groups in total. The first-order chi connectivity index (χ1) is 16.7. The molecule has 4 aliphatic rings. The second kappa shape index (κ2) is 10.3. The summed E-state index contributed by atoms with van der Waals surface area (Å²) in [7, 11) is -3.48. The minimum Gasteiger partial charge on any atom is -0.303 e. The van der Waals surface area contributed by atoms with Gasteiger partial charge in [0.25, 0.3) is 10.2 Å². The van der Waals surface area contributed by atoms with Gasteiger partial charge in [-0.05, 0) is 112 Å². The number of likely N-dealkylation sites (tertiary alicyclic amines) is 1. The number of nitrogens with zero attached hydrogens (tertiary/aromatic N) is 1. The molecule has 5 nitrogen and oxygen atoms in total. The zero-order valence-corrected chi connectivity index (χ0v) is 21.1. The lowest BCUT2D eigenvalue weighted by Crippen LogP contribution is -2.51. The Morgan fingerprint density at radius 1 is 0.914 bits per heavy atom. The molecule has 3 fully saturated rings. The largest absolute Gasteiger partial charge is 0.391 e. The van der Waals surface area contributed by atoms with E-state index in [9.17, 15) is 21.6 Å². The molecule has 196 valence electrons.